The SMILES string of the molecule is C[C@H]1CCCN1C1CC(Oc2ccc(N3C(=O)CC[C@H]3CN3CCC(F)(F)CC3)cc2)C1. The molecule has 3 saturated heterocycles. The quantitative estimate of drug-likeness (QED) is 0.651. The summed E-state index contributed by atoms with van der Waals surface area (Å²) in [6.07, 6.45) is 6.21. The number of nitrogens with zero attached hydrogens (tertiary/aromatic N) is 3. The van der Waals surface area contributed by atoms with Crippen LogP contribution in [0.2, 0.25) is 0 Å². The van der Waals surface area contributed by atoms with Gasteiger partial charge in [0.1, 0.15) is 11.9 Å². The Morgan fingerprint density at radius 1 is 1.06 bits per heavy atom. The normalized spacial score (nSPS) is 33.5. The molecule has 5 rings (SSSR count). The second kappa shape index (κ2) is 8.90. The number of alkyl halides is 2. The molecule has 1 aromatic carbocycles. The van der Waals surface area contributed by atoms with E-state index in [2.05, 4.69) is 16.7 Å². The summed E-state index contributed by atoms with van der Waals surface area (Å²) >= 11 is 0. The standard InChI is InChI=1S/C25H35F2N3O2/c1-18-3-2-12-29(18)21-15-23(16-21)32-22-7-4-19(5-8-22)30-20(6-9-24(30)31)17-28-13-10-25(26,27)11-14-28/h4-5,7-8,18,20-21,23H,2-3,6,9-17H2,1H3/t18-,20-,21?,23?/m0/s1. The highest BCUT2D eigenvalue weighted by Gasteiger charge is 2.39. The first-order valence-corrected chi connectivity index (χ1v) is 12.3. The van der Waals surface area contributed by atoms with Crippen LogP contribution in [0.3, 0.4) is 0 Å². The average molecular weight is 448 g/mol. The van der Waals surface area contributed by atoms with E-state index in [1.165, 1.54) is 19.4 Å². The summed E-state index contributed by atoms with van der Waals surface area (Å²) in [5.74, 6) is -1.56. The zero-order valence-corrected chi connectivity index (χ0v) is 19.0. The Hall–Kier alpha value is -1.73. The van der Waals surface area contributed by atoms with Crippen LogP contribution in [-0.4, -0.2) is 72.0 Å². The molecular weight excluding hydrogens is 412 g/mol. The van der Waals surface area contributed by atoms with Gasteiger partial charge in [0, 0.05) is 69.5 Å². The molecule has 1 aliphatic carbocycles. The minimum Gasteiger partial charge on any atom is -0.490 e. The summed E-state index contributed by atoms with van der Waals surface area (Å²) in [7, 11) is 0. The third-order valence-corrected chi connectivity index (χ3v) is 7.94. The van der Waals surface area contributed by atoms with Crippen LogP contribution in [0.25, 0.3) is 0 Å². The molecule has 0 radical (unpaired) electrons. The van der Waals surface area contributed by atoms with Crippen LogP contribution in [0.5, 0.6) is 5.75 Å². The molecule has 0 spiro atoms. The Kier molecular flexibility index (Phi) is 6.14. The Morgan fingerprint density at radius 3 is 2.44 bits per heavy atom. The highest BCUT2D eigenvalue weighted by molar-refractivity contribution is 5.96. The highest BCUT2D eigenvalue weighted by atomic mass is 19.3. The van der Waals surface area contributed by atoms with Crippen LogP contribution in [0.15, 0.2) is 24.3 Å². The van der Waals surface area contributed by atoms with Gasteiger partial charge < -0.3 is 14.5 Å². The summed E-state index contributed by atoms with van der Waals surface area (Å²) in [6, 6.07) is 9.28. The number of benzene rings is 1. The Morgan fingerprint density at radius 2 is 1.78 bits per heavy atom. The lowest BCUT2D eigenvalue weighted by atomic mass is 9.87. The van der Waals surface area contributed by atoms with Gasteiger partial charge in [-0.15, -0.1) is 0 Å². The molecule has 4 fully saturated rings. The van der Waals surface area contributed by atoms with Crippen molar-refractivity contribution in [3.05, 3.63) is 24.3 Å². The molecular formula is C25H35F2N3O2. The fraction of sp³-hybridized carbons (Fsp3) is 0.720. The van der Waals surface area contributed by atoms with E-state index in [1.54, 1.807) is 0 Å². The van der Waals surface area contributed by atoms with Crippen LogP contribution < -0.4 is 9.64 Å². The van der Waals surface area contributed by atoms with Gasteiger partial charge in [-0.25, -0.2) is 8.78 Å². The van der Waals surface area contributed by atoms with Gasteiger partial charge in [-0.05, 0) is 57.0 Å². The smallest absolute Gasteiger partial charge is 0.250 e. The molecule has 0 aromatic heterocycles. The second-order valence-electron chi connectivity index (χ2n) is 10.2. The molecule has 176 valence electrons. The maximum absolute atomic E-state index is 13.5. The van der Waals surface area contributed by atoms with E-state index in [9.17, 15) is 13.6 Å². The van der Waals surface area contributed by atoms with Crippen molar-refractivity contribution in [3.63, 3.8) is 0 Å². The zero-order valence-electron chi connectivity index (χ0n) is 19.0. The summed E-state index contributed by atoms with van der Waals surface area (Å²) in [6.45, 7) is 5.01. The second-order valence-corrected chi connectivity index (χ2v) is 10.2. The maximum Gasteiger partial charge on any atom is 0.250 e. The Bertz CT molecular complexity index is 802. The first-order chi connectivity index (χ1) is 15.4. The molecule has 1 amide bonds. The van der Waals surface area contributed by atoms with E-state index < -0.39 is 5.92 Å². The van der Waals surface area contributed by atoms with Crippen LogP contribution in [0.4, 0.5) is 14.5 Å². The number of likely N-dealkylation sites (tertiary alicyclic amines) is 2. The number of ether oxygens (including phenoxy) is 1. The van der Waals surface area contributed by atoms with E-state index in [0.29, 0.717) is 38.1 Å². The van der Waals surface area contributed by atoms with E-state index in [0.717, 1.165) is 30.7 Å². The number of carbonyl (C=O) groups is 1. The van der Waals surface area contributed by atoms with Crippen molar-refractivity contribution < 1.29 is 18.3 Å². The van der Waals surface area contributed by atoms with Gasteiger partial charge in [-0.1, -0.05) is 0 Å². The third kappa shape index (κ3) is 4.65. The maximum atomic E-state index is 13.5. The number of amides is 1. The number of piperidine rings is 1. The molecule has 1 aromatic rings. The van der Waals surface area contributed by atoms with Gasteiger partial charge in [0.15, 0.2) is 0 Å². The molecule has 32 heavy (non-hydrogen) atoms. The molecule has 5 nitrogen and oxygen atoms in total. The lowest BCUT2D eigenvalue weighted by Gasteiger charge is -2.42. The highest BCUT2D eigenvalue weighted by Crippen LogP contribution is 2.35. The monoisotopic (exact) mass is 447 g/mol. The van der Waals surface area contributed by atoms with Gasteiger partial charge in [-0.3, -0.25) is 9.69 Å². The first kappa shape index (κ1) is 22.1. The van der Waals surface area contributed by atoms with Crippen LogP contribution in [0, 0.1) is 0 Å². The third-order valence-electron chi connectivity index (χ3n) is 7.94. The van der Waals surface area contributed by atoms with Crippen molar-refractivity contribution >= 4 is 11.6 Å². The van der Waals surface area contributed by atoms with Gasteiger partial charge in [0.2, 0.25) is 5.91 Å². The minimum absolute atomic E-state index is 0.0517. The predicted molar refractivity (Wildman–Crippen MR) is 120 cm³/mol. The lowest BCUT2D eigenvalue weighted by molar-refractivity contribution is -0.117. The summed E-state index contributed by atoms with van der Waals surface area (Å²) in [5, 5.41) is 0. The van der Waals surface area contributed by atoms with Crippen molar-refractivity contribution in [2.45, 2.75) is 88.4 Å². The van der Waals surface area contributed by atoms with E-state index >= 15 is 0 Å². The van der Waals surface area contributed by atoms with Gasteiger partial charge >= 0.3 is 0 Å². The zero-order chi connectivity index (χ0) is 22.3. The molecule has 0 N–H and O–H groups in total. The molecule has 7 heteroatoms. The van der Waals surface area contributed by atoms with E-state index in [1.807, 2.05) is 29.2 Å². The van der Waals surface area contributed by atoms with E-state index in [4.69, 9.17) is 4.74 Å². The fourth-order valence-corrected chi connectivity index (χ4v) is 5.91. The molecule has 2 atom stereocenters. The summed E-state index contributed by atoms with van der Waals surface area (Å²) < 4.78 is 33.1. The van der Waals surface area contributed by atoms with Crippen molar-refractivity contribution in [3.8, 4) is 5.75 Å². The van der Waals surface area contributed by atoms with E-state index in [-0.39, 0.29) is 30.9 Å². The first-order valence-electron chi connectivity index (χ1n) is 12.3. The largest absolute Gasteiger partial charge is 0.490 e. The van der Waals surface area contributed by atoms with Gasteiger partial charge in [0.05, 0.1) is 6.04 Å². The summed E-state index contributed by atoms with van der Waals surface area (Å²) in [5.41, 5.74) is 0.879. The van der Waals surface area contributed by atoms with Gasteiger partial charge in [-0.2, -0.15) is 0 Å². The van der Waals surface area contributed by atoms with Crippen molar-refractivity contribution in [2.24, 2.45) is 0 Å². The molecule has 4 aliphatic rings. The molecule has 1 saturated carbocycles. The van der Waals surface area contributed by atoms with Crippen molar-refractivity contribution in [2.75, 3.05) is 31.1 Å². The topological polar surface area (TPSA) is 36.0 Å². The van der Waals surface area contributed by atoms with Crippen LogP contribution in [-0.2, 0) is 4.79 Å². The number of hydrogen-bond acceptors (Lipinski definition) is 4. The Balaban J connectivity index is 1.15. The molecule has 0 unspecified atom stereocenters. The number of hydrogen-bond donors (Lipinski definition) is 0. The predicted octanol–water partition coefficient (Wildman–Crippen LogP) is 4.31. The van der Waals surface area contributed by atoms with Crippen LogP contribution >= 0.6 is 0 Å². The number of anilines is 1. The number of halogens is 2. The average Bonchev–Trinajstić information content (AvgIpc) is 3.32. The summed E-state index contributed by atoms with van der Waals surface area (Å²) in [4.78, 5) is 19.2. The Labute approximate surface area is 189 Å². The van der Waals surface area contributed by atoms with Crippen LogP contribution in [0.1, 0.15) is 58.3 Å². The number of rotatable bonds is 6. The lowest BCUT2D eigenvalue weighted by Crippen LogP contribution is -2.50. The molecule has 3 heterocycles. The van der Waals surface area contributed by atoms with Gasteiger partial charge in [0.25, 0.3) is 5.92 Å². The minimum atomic E-state index is -2.54. The van der Waals surface area contributed by atoms with Crippen molar-refractivity contribution in [1.82, 2.24) is 9.80 Å². The molecule has 0 bridgehead atoms. The molecule has 3 aliphatic heterocycles. The van der Waals surface area contributed by atoms with Crippen molar-refractivity contribution in [1.29, 1.82) is 0 Å². The number of carbonyl (C=O) groups excluding carboxylic acids is 1. The fourth-order valence-electron chi connectivity index (χ4n) is 5.91.